The summed E-state index contributed by atoms with van der Waals surface area (Å²) in [6.07, 6.45) is -4.63. The zero-order valence-electron chi connectivity index (χ0n) is 11.2. The Morgan fingerprint density at radius 1 is 1.29 bits per heavy atom. The molecule has 1 aromatic heterocycles. The lowest BCUT2D eigenvalue weighted by Crippen LogP contribution is -2.27. The van der Waals surface area contributed by atoms with Crippen LogP contribution >= 0.6 is 11.8 Å². The fourth-order valence-corrected chi connectivity index (χ4v) is 2.69. The van der Waals surface area contributed by atoms with E-state index in [9.17, 15) is 18.0 Å². The number of hydrogen-bond acceptors (Lipinski definition) is 4. The molecule has 0 bridgehead atoms. The molecule has 21 heavy (non-hydrogen) atoms. The van der Waals surface area contributed by atoms with Crippen LogP contribution < -0.4 is 5.32 Å². The van der Waals surface area contributed by atoms with Crippen molar-refractivity contribution in [3.8, 4) is 0 Å². The number of aromatic nitrogens is 2. The summed E-state index contributed by atoms with van der Waals surface area (Å²) in [6, 6.07) is 6.41. The summed E-state index contributed by atoms with van der Waals surface area (Å²) >= 11 is 0.973. The molecule has 0 aliphatic heterocycles. The maximum absolute atomic E-state index is 12.8. The number of hydrogen-bond donors (Lipinski definition) is 1. The first-order valence-corrected chi connectivity index (χ1v) is 6.93. The quantitative estimate of drug-likeness (QED) is 0.699. The van der Waals surface area contributed by atoms with E-state index in [4.69, 9.17) is 0 Å². The molecular formula is C13H12F3N3OS. The number of nitrogens with one attached hydrogen (secondary N) is 1. The largest absolute Gasteiger partial charge is 0.451 e. The molecule has 1 atom stereocenters. The minimum Gasteiger partial charge on any atom is -0.358 e. The maximum atomic E-state index is 12.8. The highest BCUT2D eigenvalue weighted by Crippen LogP contribution is 2.33. The van der Waals surface area contributed by atoms with Gasteiger partial charge in [-0.1, -0.05) is 30.0 Å². The van der Waals surface area contributed by atoms with Gasteiger partial charge in [0.2, 0.25) is 11.7 Å². The number of alkyl halides is 3. The monoisotopic (exact) mass is 315 g/mol. The van der Waals surface area contributed by atoms with E-state index in [1.54, 1.807) is 25.1 Å². The predicted molar refractivity (Wildman–Crippen MR) is 73.9 cm³/mol. The highest BCUT2D eigenvalue weighted by Gasteiger charge is 2.35. The third kappa shape index (κ3) is 3.44. The number of nitrogens with zero attached hydrogens (tertiary/aromatic N) is 2. The van der Waals surface area contributed by atoms with Crippen LogP contribution in [-0.2, 0) is 11.0 Å². The van der Waals surface area contributed by atoms with Gasteiger partial charge in [0.15, 0.2) is 0 Å². The van der Waals surface area contributed by atoms with Crippen LogP contribution in [0.15, 0.2) is 29.3 Å². The van der Waals surface area contributed by atoms with Crippen LogP contribution in [0.1, 0.15) is 12.7 Å². The van der Waals surface area contributed by atoms with Crippen molar-refractivity contribution in [1.29, 1.82) is 0 Å². The van der Waals surface area contributed by atoms with E-state index in [0.29, 0.717) is 5.39 Å². The number of carbonyl (C=O) groups is 1. The number of rotatable bonds is 3. The first kappa shape index (κ1) is 15.6. The smallest absolute Gasteiger partial charge is 0.358 e. The van der Waals surface area contributed by atoms with Gasteiger partial charge >= 0.3 is 6.18 Å². The van der Waals surface area contributed by atoms with Crippen molar-refractivity contribution in [1.82, 2.24) is 15.3 Å². The molecule has 1 aromatic carbocycles. The Bertz CT molecular complexity index is 675. The van der Waals surface area contributed by atoms with E-state index in [1.807, 2.05) is 0 Å². The third-order valence-corrected chi connectivity index (χ3v) is 3.83. The Morgan fingerprint density at radius 2 is 1.95 bits per heavy atom. The van der Waals surface area contributed by atoms with Gasteiger partial charge in [-0.2, -0.15) is 13.2 Å². The second-order valence-electron chi connectivity index (χ2n) is 4.24. The minimum absolute atomic E-state index is 0.143. The van der Waals surface area contributed by atoms with Crippen molar-refractivity contribution in [2.45, 2.75) is 23.4 Å². The number of benzene rings is 1. The van der Waals surface area contributed by atoms with E-state index in [0.717, 1.165) is 11.8 Å². The SMILES string of the molecule is CNC(=O)C(C)Sc1nc(C(F)(F)F)nc2ccccc12. The van der Waals surface area contributed by atoms with Crippen LogP contribution in [0.5, 0.6) is 0 Å². The standard InChI is InChI=1S/C13H12F3N3OS/c1-7(10(20)17-2)21-11-8-5-3-4-6-9(8)18-12(19-11)13(14,15)16/h3-7H,1-2H3,(H,17,20). The van der Waals surface area contributed by atoms with Crippen LogP contribution in [0, 0.1) is 0 Å². The molecule has 0 saturated carbocycles. The van der Waals surface area contributed by atoms with Gasteiger partial charge in [-0.3, -0.25) is 4.79 Å². The normalized spacial score (nSPS) is 13.2. The summed E-state index contributed by atoms with van der Waals surface area (Å²) in [5.41, 5.74) is 0.200. The molecule has 0 spiro atoms. The predicted octanol–water partition coefficient (Wildman–Crippen LogP) is 2.88. The van der Waals surface area contributed by atoms with Crippen LogP contribution in [0.2, 0.25) is 0 Å². The van der Waals surface area contributed by atoms with Gasteiger partial charge in [-0.05, 0) is 13.0 Å². The summed E-state index contributed by atoms with van der Waals surface area (Å²) in [7, 11) is 1.47. The number of thioether (sulfide) groups is 1. The molecule has 8 heteroatoms. The molecular weight excluding hydrogens is 303 g/mol. The average molecular weight is 315 g/mol. The average Bonchev–Trinajstić information content (AvgIpc) is 2.45. The van der Waals surface area contributed by atoms with Gasteiger partial charge in [-0.25, -0.2) is 9.97 Å². The topological polar surface area (TPSA) is 54.9 Å². The summed E-state index contributed by atoms with van der Waals surface area (Å²) in [5, 5.41) is 2.53. The second-order valence-corrected chi connectivity index (χ2v) is 5.57. The molecule has 0 aliphatic carbocycles. The van der Waals surface area contributed by atoms with Gasteiger partial charge in [0, 0.05) is 12.4 Å². The first-order chi connectivity index (χ1) is 9.82. The molecule has 1 heterocycles. The van der Waals surface area contributed by atoms with Crippen LogP contribution in [0.4, 0.5) is 13.2 Å². The fourth-order valence-electron chi connectivity index (χ4n) is 1.69. The third-order valence-electron chi connectivity index (χ3n) is 2.73. The van der Waals surface area contributed by atoms with E-state index >= 15 is 0 Å². The summed E-state index contributed by atoms with van der Waals surface area (Å²) in [5.74, 6) is -1.48. The fraction of sp³-hybridized carbons (Fsp3) is 0.308. The van der Waals surface area contributed by atoms with Gasteiger partial charge in [0.05, 0.1) is 10.8 Å². The van der Waals surface area contributed by atoms with Gasteiger partial charge in [-0.15, -0.1) is 0 Å². The van der Waals surface area contributed by atoms with Crippen molar-refractivity contribution in [2.75, 3.05) is 7.05 Å². The minimum atomic E-state index is -4.63. The first-order valence-electron chi connectivity index (χ1n) is 6.05. The van der Waals surface area contributed by atoms with Crippen LogP contribution in [0.3, 0.4) is 0 Å². The number of para-hydroxylation sites is 1. The van der Waals surface area contributed by atoms with Crippen molar-refractivity contribution in [3.05, 3.63) is 30.1 Å². The van der Waals surface area contributed by atoms with Gasteiger partial charge in [0.1, 0.15) is 5.03 Å². The number of amides is 1. The Hall–Kier alpha value is -1.83. The molecule has 1 N–H and O–H groups in total. The number of halogens is 3. The Labute approximate surface area is 123 Å². The molecule has 4 nitrogen and oxygen atoms in total. The highest BCUT2D eigenvalue weighted by atomic mass is 32.2. The molecule has 1 amide bonds. The summed E-state index contributed by atoms with van der Waals surface area (Å²) < 4.78 is 38.5. The van der Waals surface area contributed by atoms with Crippen molar-refractivity contribution < 1.29 is 18.0 Å². The molecule has 112 valence electrons. The number of fused-ring (bicyclic) bond motifs is 1. The molecule has 0 aliphatic rings. The van der Waals surface area contributed by atoms with E-state index in [-0.39, 0.29) is 16.4 Å². The van der Waals surface area contributed by atoms with Gasteiger partial charge < -0.3 is 5.32 Å². The van der Waals surface area contributed by atoms with Crippen molar-refractivity contribution in [3.63, 3.8) is 0 Å². The molecule has 0 fully saturated rings. The van der Waals surface area contributed by atoms with Crippen LogP contribution in [0.25, 0.3) is 10.9 Å². The van der Waals surface area contributed by atoms with Crippen molar-refractivity contribution in [2.24, 2.45) is 0 Å². The second kappa shape index (κ2) is 5.88. The van der Waals surface area contributed by atoms with Gasteiger partial charge in [0.25, 0.3) is 0 Å². The molecule has 1 unspecified atom stereocenters. The van der Waals surface area contributed by atoms with Crippen LogP contribution in [-0.4, -0.2) is 28.2 Å². The van der Waals surface area contributed by atoms with E-state index < -0.39 is 17.3 Å². The van der Waals surface area contributed by atoms with E-state index in [2.05, 4.69) is 15.3 Å². The molecule has 2 aromatic rings. The highest BCUT2D eigenvalue weighted by molar-refractivity contribution is 8.00. The van der Waals surface area contributed by atoms with Crippen molar-refractivity contribution >= 4 is 28.6 Å². The van der Waals surface area contributed by atoms with E-state index in [1.165, 1.54) is 13.1 Å². The lowest BCUT2D eigenvalue weighted by molar-refractivity contribution is -0.145. The Morgan fingerprint density at radius 3 is 2.57 bits per heavy atom. The summed E-state index contributed by atoms with van der Waals surface area (Å²) in [4.78, 5) is 18.6. The molecule has 0 radical (unpaired) electrons. The lowest BCUT2D eigenvalue weighted by Gasteiger charge is -2.13. The Balaban J connectivity index is 2.52. The Kier molecular flexibility index (Phi) is 4.36. The molecule has 2 rings (SSSR count). The lowest BCUT2D eigenvalue weighted by atomic mass is 10.2. The zero-order valence-corrected chi connectivity index (χ0v) is 12.0. The summed E-state index contributed by atoms with van der Waals surface area (Å²) in [6.45, 7) is 1.60. The molecule has 0 saturated heterocycles. The zero-order chi connectivity index (χ0) is 15.6. The maximum Gasteiger partial charge on any atom is 0.451 e. The number of carbonyl (C=O) groups excluding carboxylic acids is 1.